The molecule has 106 valence electrons. The van der Waals surface area contributed by atoms with E-state index in [1.54, 1.807) is 13.1 Å². The molecule has 1 heterocycles. The zero-order chi connectivity index (χ0) is 14.5. The first-order valence-corrected chi connectivity index (χ1v) is 7.41. The molecule has 20 heavy (non-hydrogen) atoms. The van der Waals surface area contributed by atoms with Gasteiger partial charge in [0.15, 0.2) is 11.2 Å². The second-order valence-corrected chi connectivity index (χ2v) is 5.70. The Labute approximate surface area is 122 Å². The van der Waals surface area contributed by atoms with Gasteiger partial charge in [0, 0.05) is 11.6 Å². The molecule has 0 saturated carbocycles. The van der Waals surface area contributed by atoms with Crippen molar-refractivity contribution >= 4 is 22.4 Å². The van der Waals surface area contributed by atoms with Gasteiger partial charge in [-0.05, 0) is 30.5 Å². The van der Waals surface area contributed by atoms with Crippen molar-refractivity contribution in [2.24, 2.45) is 0 Å². The van der Waals surface area contributed by atoms with E-state index in [4.69, 9.17) is 4.74 Å². The Balaban J connectivity index is 1.93. The zero-order valence-electron chi connectivity index (χ0n) is 11.8. The SMILES string of the molecule is CC(C)c1ccc(O[C@@H](C)C(=O)Nc2nccs2)cc1. The number of carbonyl (C=O) groups is 1. The number of thiazole rings is 1. The summed E-state index contributed by atoms with van der Waals surface area (Å²) in [7, 11) is 0. The predicted octanol–water partition coefficient (Wildman–Crippen LogP) is 3.67. The van der Waals surface area contributed by atoms with Crippen LogP contribution in [0.4, 0.5) is 5.13 Å². The van der Waals surface area contributed by atoms with Crippen LogP contribution in [0.1, 0.15) is 32.3 Å². The van der Waals surface area contributed by atoms with Crippen molar-refractivity contribution in [3.63, 3.8) is 0 Å². The Morgan fingerprint density at radius 3 is 2.50 bits per heavy atom. The molecule has 2 aromatic rings. The number of amides is 1. The quantitative estimate of drug-likeness (QED) is 0.914. The van der Waals surface area contributed by atoms with Crippen LogP contribution in [0.15, 0.2) is 35.8 Å². The molecule has 0 fully saturated rings. The largest absolute Gasteiger partial charge is 0.481 e. The van der Waals surface area contributed by atoms with Gasteiger partial charge in [0.25, 0.3) is 5.91 Å². The summed E-state index contributed by atoms with van der Waals surface area (Å²) in [6.45, 7) is 6.00. The summed E-state index contributed by atoms with van der Waals surface area (Å²) in [5, 5.41) is 5.11. The fraction of sp³-hybridized carbons (Fsp3) is 0.333. The van der Waals surface area contributed by atoms with E-state index in [1.807, 2.05) is 29.6 Å². The highest BCUT2D eigenvalue weighted by molar-refractivity contribution is 7.13. The van der Waals surface area contributed by atoms with E-state index in [9.17, 15) is 4.79 Å². The number of ether oxygens (including phenoxy) is 1. The molecule has 1 amide bonds. The van der Waals surface area contributed by atoms with E-state index in [0.29, 0.717) is 16.8 Å². The number of aromatic nitrogens is 1. The van der Waals surface area contributed by atoms with Gasteiger partial charge >= 0.3 is 0 Å². The predicted molar refractivity (Wildman–Crippen MR) is 81.4 cm³/mol. The van der Waals surface area contributed by atoms with Gasteiger partial charge in [-0.15, -0.1) is 11.3 Å². The minimum absolute atomic E-state index is 0.201. The van der Waals surface area contributed by atoms with E-state index < -0.39 is 6.10 Å². The van der Waals surface area contributed by atoms with Crippen LogP contribution in [0, 0.1) is 0 Å². The van der Waals surface area contributed by atoms with E-state index in [-0.39, 0.29) is 5.91 Å². The maximum atomic E-state index is 11.9. The summed E-state index contributed by atoms with van der Waals surface area (Å²) >= 11 is 1.38. The average Bonchev–Trinajstić information content (AvgIpc) is 2.92. The third-order valence-electron chi connectivity index (χ3n) is 2.89. The van der Waals surface area contributed by atoms with E-state index in [0.717, 1.165) is 0 Å². The number of hydrogen-bond donors (Lipinski definition) is 1. The van der Waals surface area contributed by atoms with Crippen molar-refractivity contribution in [2.45, 2.75) is 32.8 Å². The summed E-state index contributed by atoms with van der Waals surface area (Å²) in [6.07, 6.45) is 1.08. The van der Waals surface area contributed by atoms with Crippen LogP contribution in [-0.2, 0) is 4.79 Å². The molecule has 0 spiro atoms. The van der Waals surface area contributed by atoms with Gasteiger partial charge in [0.05, 0.1) is 0 Å². The van der Waals surface area contributed by atoms with Gasteiger partial charge in [-0.1, -0.05) is 26.0 Å². The molecule has 4 nitrogen and oxygen atoms in total. The molecule has 2 rings (SSSR count). The van der Waals surface area contributed by atoms with Crippen LogP contribution < -0.4 is 10.1 Å². The second-order valence-electron chi connectivity index (χ2n) is 4.81. The maximum absolute atomic E-state index is 11.9. The number of hydrogen-bond acceptors (Lipinski definition) is 4. The fourth-order valence-electron chi connectivity index (χ4n) is 1.68. The summed E-state index contributed by atoms with van der Waals surface area (Å²) < 4.78 is 5.62. The van der Waals surface area contributed by atoms with Gasteiger partial charge < -0.3 is 4.74 Å². The highest BCUT2D eigenvalue weighted by Gasteiger charge is 2.15. The first kappa shape index (κ1) is 14.5. The lowest BCUT2D eigenvalue weighted by Crippen LogP contribution is -2.30. The molecule has 0 aliphatic rings. The summed E-state index contributed by atoms with van der Waals surface area (Å²) in [4.78, 5) is 15.9. The van der Waals surface area contributed by atoms with Crippen molar-refractivity contribution in [3.05, 3.63) is 41.4 Å². The van der Waals surface area contributed by atoms with Crippen LogP contribution in [0.5, 0.6) is 5.75 Å². The van der Waals surface area contributed by atoms with Crippen molar-refractivity contribution in [1.82, 2.24) is 4.98 Å². The molecule has 1 N–H and O–H groups in total. The van der Waals surface area contributed by atoms with Crippen LogP contribution >= 0.6 is 11.3 Å². The number of nitrogens with zero attached hydrogens (tertiary/aromatic N) is 1. The molecule has 1 aromatic carbocycles. The first-order chi connectivity index (χ1) is 9.56. The molecule has 0 unspecified atom stereocenters. The van der Waals surface area contributed by atoms with Crippen molar-refractivity contribution in [2.75, 3.05) is 5.32 Å². The molecular formula is C15H18N2O2S. The minimum Gasteiger partial charge on any atom is -0.481 e. The normalized spacial score (nSPS) is 12.2. The van der Waals surface area contributed by atoms with E-state index in [1.165, 1.54) is 16.9 Å². The Bertz CT molecular complexity index is 550. The number of benzene rings is 1. The zero-order valence-corrected chi connectivity index (χ0v) is 12.6. The molecule has 0 saturated heterocycles. The van der Waals surface area contributed by atoms with Crippen molar-refractivity contribution in [3.8, 4) is 5.75 Å². The molecule has 1 atom stereocenters. The lowest BCUT2D eigenvalue weighted by molar-refractivity contribution is -0.122. The highest BCUT2D eigenvalue weighted by Crippen LogP contribution is 2.20. The Morgan fingerprint density at radius 1 is 1.25 bits per heavy atom. The smallest absolute Gasteiger partial charge is 0.266 e. The molecule has 0 aliphatic carbocycles. The second kappa shape index (κ2) is 6.52. The van der Waals surface area contributed by atoms with Crippen LogP contribution in [0.3, 0.4) is 0 Å². The average molecular weight is 290 g/mol. The molecule has 5 heteroatoms. The fourth-order valence-corrected chi connectivity index (χ4v) is 2.21. The van der Waals surface area contributed by atoms with Crippen molar-refractivity contribution in [1.29, 1.82) is 0 Å². The summed E-state index contributed by atoms with van der Waals surface area (Å²) in [5.41, 5.74) is 1.25. The number of anilines is 1. The molecule has 0 aliphatic heterocycles. The number of carbonyl (C=O) groups excluding carboxylic acids is 1. The standard InChI is InChI=1S/C15H18N2O2S/c1-10(2)12-4-6-13(7-5-12)19-11(3)14(18)17-15-16-8-9-20-15/h4-11H,1-3H3,(H,16,17,18)/t11-/m0/s1. The molecule has 0 radical (unpaired) electrons. The number of nitrogens with one attached hydrogen (secondary N) is 1. The van der Waals surface area contributed by atoms with Crippen LogP contribution in [-0.4, -0.2) is 17.0 Å². The summed E-state index contributed by atoms with van der Waals surface area (Å²) in [6, 6.07) is 7.82. The van der Waals surface area contributed by atoms with Gasteiger partial charge in [-0.25, -0.2) is 4.98 Å². The Morgan fingerprint density at radius 2 is 1.95 bits per heavy atom. The molecular weight excluding hydrogens is 272 g/mol. The third-order valence-corrected chi connectivity index (χ3v) is 3.58. The third kappa shape index (κ3) is 3.81. The molecule has 1 aromatic heterocycles. The van der Waals surface area contributed by atoms with E-state index >= 15 is 0 Å². The van der Waals surface area contributed by atoms with Gasteiger partial charge in [-0.2, -0.15) is 0 Å². The maximum Gasteiger partial charge on any atom is 0.266 e. The molecule has 0 bridgehead atoms. The van der Waals surface area contributed by atoms with E-state index in [2.05, 4.69) is 24.1 Å². The minimum atomic E-state index is -0.566. The van der Waals surface area contributed by atoms with Gasteiger partial charge in [0.2, 0.25) is 0 Å². The highest BCUT2D eigenvalue weighted by atomic mass is 32.1. The van der Waals surface area contributed by atoms with Crippen molar-refractivity contribution < 1.29 is 9.53 Å². The summed E-state index contributed by atoms with van der Waals surface area (Å²) in [5.74, 6) is 0.971. The lowest BCUT2D eigenvalue weighted by Gasteiger charge is -2.14. The lowest BCUT2D eigenvalue weighted by atomic mass is 10.0. The topological polar surface area (TPSA) is 51.2 Å². The monoisotopic (exact) mass is 290 g/mol. The van der Waals surface area contributed by atoms with Crippen LogP contribution in [0.25, 0.3) is 0 Å². The van der Waals surface area contributed by atoms with Gasteiger partial charge in [-0.3, -0.25) is 10.1 Å². The number of rotatable bonds is 5. The van der Waals surface area contributed by atoms with Gasteiger partial charge in [0.1, 0.15) is 5.75 Å². The first-order valence-electron chi connectivity index (χ1n) is 6.53. The Hall–Kier alpha value is -1.88. The van der Waals surface area contributed by atoms with Crippen LogP contribution in [0.2, 0.25) is 0 Å². The Kier molecular flexibility index (Phi) is 4.74.